The summed E-state index contributed by atoms with van der Waals surface area (Å²) < 4.78 is 5.31. The van der Waals surface area contributed by atoms with Gasteiger partial charge in [-0.15, -0.1) is 0 Å². The SMILES string of the molecule is CSCCC(NC(=O)c1ccc(Cl)cc1Cl)C(=O)NCCN1CCOCC1. The van der Waals surface area contributed by atoms with E-state index < -0.39 is 6.04 Å². The van der Waals surface area contributed by atoms with Crippen LogP contribution in [-0.4, -0.2) is 74.2 Å². The van der Waals surface area contributed by atoms with E-state index >= 15 is 0 Å². The number of carbonyl (C=O) groups is 2. The molecule has 2 N–H and O–H groups in total. The van der Waals surface area contributed by atoms with Crippen LogP contribution in [-0.2, 0) is 9.53 Å². The fraction of sp³-hybridized carbons (Fsp3) is 0.556. The van der Waals surface area contributed by atoms with Gasteiger partial charge in [-0.05, 0) is 36.6 Å². The Kier molecular flexibility index (Phi) is 9.72. The summed E-state index contributed by atoms with van der Waals surface area (Å²) in [6.07, 6.45) is 2.51. The molecule has 27 heavy (non-hydrogen) atoms. The van der Waals surface area contributed by atoms with Crippen LogP contribution in [0.1, 0.15) is 16.8 Å². The molecule has 1 aliphatic rings. The second-order valence-corrected chi connectivity index (χ2v) is 8.01. The number of carbonyl (C=O) groups excluding carboxylic acids is 2. The number of amides is 2. The van der Waals surface area contributed by atoms with Crippen LogP contribution < -0.4 is 10.6 Å². The number of halogens is 2. The van der Waals surface area contributed by atoms with E-state index in [0.717, 1.165) is 38.6 Å². The van der Waals surface area contributed by atoms with Crippen LogP contribution in [0.15, 0.2) is 18.2 Å². The van der Waals surface area contributed by atoms with Gasteiger partial charge in [-0.3, -0.25) is 14.5 Å². The summed E-state index contributed by atoms with van der Waals surface area (Å²) in [6.45, 7) is 4.49. The van der Waals surface area contributed by atoms with Crippen molar-refractivity contribution < 1.29 is 14.3 Å². The molecule has 1 fully saturated rings. The monoisotopic (exact) mass is 433 g/mol. The average molecular weight is 434 g/mol. The smallest absolute Gasteiger partial charge is 0.253 e. The van der Waals surface area contributed by atoms with Crippen LogP contribution in [0.4, 0.5) is 0 Å². The molecule has 1 atom stereocenters. The molecular formula is C18H25Cl2N3O3S. The van der Waals surface area contributed by atoms with Crippen molar-refractivity contribution in [2.24, 2.45) is 0 Å². The number of nitrogens with one attached hydrogen (secondary N) is 2. The lowest BCUT2D eigenvalue weighted by molar-refractivity contribution is -0.123. The molecule has 1 aromatic carbocycles. The third-order valence-corrected chi connectivity index (χ3v) is 5.43. The first kappa shape index (κ1) is 22.3. The lowest BCUT2D eigenvalue weighted by Crippen LogP contribution is -2.49. The first-order valence-electron chi connectivity index (χ1n) is 8.84. The van der Waals surface area contributed by atoms with E-state index in [1.165, 1.54) is 6.07 Å². The number of hydrogen-bond donors (Lipinski definition) is 2. The van der Waals surface area contributed by atoms with Crippen molar-refractivity contribution in [2.45, 2.75) is 12.5 Å². The fourth-order valence-corrected chi connectivity index (χ4v) is 3.67. The Balaban J connectivity index is 1.90. The van der Waals surface area contributed by atoms with Gasteiger partial charge in [0.25, 0.3) is 5.91 Å². The maximum absolute atomic E-state index is 12.6. The molecule has 6 nitrogen and oxygen atoms in total. The molecule has 1 heterocycles. The number of benzene rings is 1. The third-order valence-electron chi connectivity index (χ3n) is 4.24. The van der Waals surface area contributed by atoms with Crippen molar-refractivity contribution in [2.75, 3.05) is 51.4 Å². The van der Waals surface area contributed by atoms with Gasteiger partial charge in [-0.1, -0.05) is 23.2 Å². The van der Waals surface area contributed by atoms with Crippen molar-refractivity contribution in [1.82, 2.24) is 15.5 Å². The Morgan fingerprint density at radius 3 is 2.70 bits per heavy atom. The van der Waals surface area contributed by atoms with Crippen LogP contribution in [0.25, 0.3) is 0 Å². The quantitative estimate of drug-likeness (QED) is 0.624. The molecule has 0 radical (unpaired) electrons. The van der Waals surface area contributed by atoms with Gasteiger partial charge in [-0.25, -0.2) is 0 Å². The lowest BCUT2D eigenvalue weighted by Gasteiger charge is -2.27. The normalized spacial score (nSPS) is 16.0. The molecule has 1 unspecified atom stereocenters. The lowest BCUT2D eigenvalue weighted by atomic mass is 10.1. The Labute approximate surface area is 174 Å². The molecule has 1 aliphatic heterocycles. The van der Waals surface area contributed by atoms with Gasteiger partial charge < -0.3 is 15.4 Å². The topological polar surface area (TPSA) is 70.7 Å². The van der Waals surface area contributed by atoms with E-state index in [1.807, 2.05) is 6.26 Å². The van der Waals surface area contributed by atoms with Gasteiger partial charge in [0.2, 0.25) is 5.91 Å². The van der Waals surface area contributed by atoms with Crippen LogP contribution in [0.5, 0.6) is 0 Å². The largest absolute Gasteiger partial charge is 0.379 e. The van der Waals surface area contributed by atoms with Gasteiger partial charge in [0.15, 0.2) is 0 Å². The van der Waals surface area contributed by atoms with E-state index in [1.54, 1.807) is 23.9 Å². The van der Waals surface area contributed by atoms with Crippen molar-refractivity contribution in [1.29, 1.82) is 0 Å². The number of nitrogens with zero attached hydrogens (tertiary/aromatic N) is 1. The van der Waals surface area contributed by atoms with Gasteiger partial charge in [-0.2, -0.15) is 11.8 Å². The van der Waals surface area contributed by atoms with Gasteiger partial charge in [0.1, 0.15) is 6.04 Å². The molecular weight excluding hydrogens is 409 g/mol. The molecule has 2 amide bonds. The highest BCUT2D eigenvalue weighted by molar-refractivity contribution is 7.98. The molecule has 1 saturated heterocycles. The molecule has 0 spiro atoms. The van der Waals surface area contributed by atoms with Crippen molar-refractivity contribution >= 4 is 46.8 Å². The Hall–Kier alpha value is -0.990. The fourth-order valence-electron chi connectivity index (χ4n) is 2.70. The molecule has 1 aromatic rings. The summed E-state index contributed by atoms with van der Waals surface area (Å²) in [4.78, 5) is 27.3. The molecule has 0 saturated carbocycles. The molecule has 150 valence electrons. The van der Waals surface area contributed by atoms with Gasteiger partial charge >= 0.3 is 0 Å². The predicted octanol–water partition coefficient (Wildman–Crippen LogP) is 2.29. The van der Waals surface area contributed by atoms with E-state index in [9.17, 15) is 9.59 Å². The number of thioether (sulfide) groups is 1. The standard InChI is InChI=1S/C18H25Cl2N3O3S/c1-27-11-4-16(18(25)21-5-6-23-7-9-26-10-8-23)22-17(24)14-3-2-13(19)12-15(14)20/h2-3,12,16H,4-11H2,1H3,(H,21,25)(H,22,24). The number of rotatable bonds is 9. The second-order valence-electron chi connectivity index (χ2n) is 6.18. The van der Waals surface area contributed by atoms with E-state index in [2.05, 4.69) is 15.5 Å². The van der Waals surface area contributed by atoms with E-state index in [4.69, 9.17) is 27.9 Å². The maximum Gasteiger partial charge on any atom is 0.253 e. The molecule has 9 heteroatoms. The highest BCUT2D eigenvalue weighted by Crippen LogP contribution is 2.21. The van der Waals surface area contributed by atoms with Gasteiger partial charge in [0.05, 0.1) is 23.8 Å². The number of ether oxygens (including phenoxy) is 1. The second kappa shape index (κ2) is 11.8. The summed E-state index contributed by atoms with van der Waals surface area (Å²) in [5.74, 6) is 0.192. The zero-order chi connectivity index (χ0) is 19.6. The van der Waals surface area contributed by atoms with Crippen molar-refractivity contribution in [3.05, 3.63) is 33.8 Å². The molecule has 0 bridgehead atoms. The summed E-state index contributed by atoms with van der Waals surface area (Å²) in [5.41, 5.74) is 0.302. The third kappa shape index (κ3) is 7.50. The first-order chi connectivity index (χ1) is 13.0. The summed E-state index contributed by atoms with van der Waals surface area (Å²) in [5, 5.41) is 6.43. The van der Waals surface area contributed by atoms with Crippen LogP contribution >= 0.6 is 35.0 Å². The highest BCUT2D eigenvalue weighted by atomic mass is 35.5. The Morgan fingerprint density at radius 2 is 2.04 bits per heavy atom. The van der Waals surface area contributed by atoms with E-state index in [0.29, 0.717) is 23.6 Å². The minimum atomic E-state index is -0.610. The first-order valence-corrected chi connectivity index (χ1v) is 11.0. The highest BCUT2D eigenvalue weighted by Gasteiger charge is 2.22. The molecule has 0 aliphatic carbocycles. The zero-order valence-corrected chi connectivity index (χ0v) is 17.6. The van der Waals surface area contributed by atoms with Crippen molar-refractivity contribution in [3.8, 4) is 0 Å². The van der Waals surface area contributed by atoms with E-state index in [-0.39, 0.29) is 16.8 Å². The van der Waals surface area contributed by atoms with Crippen LogP contribution in [0, 0.1) is 0 Å². The van der Waals surface area contributed by atoms with Crippen molar-refractivity contribution in [3.63, 3.8) is 0 Å². The zero-order valence-electron chi connectivity index (χ0n) is 15.3. The number of hydrogen-bond acceptors (Lipinski definition) is 5. The average Bonchev–Trinajstić information content (AvgIpc) is 2.65. The molecule has 0 aromatic heterocycles. The van der Waals surface area contributed by atoms with Crippen LogP contribution in [0.2, 0.25) is 10.0 Å². The summed E-state index contributed by atoms with van der Waals surface area (Å²) in [7, 11) is 0. The maximum atomic E-state index is 12.6. The number of morpholine rings is 1. The molecule has 2 rings (SSSR count). The Morgan fingerprint density at radius 1 is 1.30 bits per heavy atom. The van der Waals surface area contributed by atoms with Gasteiger partial charge in [0, 0.05) is 31.2 Å². The summed E-state index contributed by atoms with van der Waals surface area (Å²) >= 11 is 13.6. The van der Waals surface area contributed by atoms with Crippen LogP contribution in [0.3, 0.4) is 0 Å². The summed E-state index contributed by atoms with van der Waals surface area (Å²) in [6, 6.07) is 4.06. The minimum Gasteiger partial charge on any atom is -0.379 e. The Bertz CT molecular complexity index is 642. The minimum absolute atomic E-state index is 0.184. The predicted molar refractivity (Wildman–Crippen MR) is 111 cm³/mol.